The summed E-state index contributed by atoms with van der Waals surface area (Å²) in [6.07, 6.45) is 0.730. The smallest absolute Gasteiger partial charge is 0.312 e. The molecule has 0 aliphatic rings. The second-order valence-electron chi connectivity index (χ2n) is 5.96. The van der Waals surface area contributed by atoms with E-state index in [4.69, 9.17) is 10.8 Å². The Morgan fingerprint density at radius 2 is 1.80 bits per heavy atom. The molecule has 0 heterocycles. The highest BCUT2D eigenvalue weighted by atomic mass is 16.4. The number of hydrogen-bond donors (Lipinski definition) is 4. The van der Waals surface area contributed by atoms with Gasteiger partial charge in [-0.1, -0.05) is 13.8 Å². The van der Waals surface area contributed by atoms with Crippen molar-refractivity contribution in [3.63, 3.8) is 0 Å². The van der Waals surface area contributed by atoms with Crippen LogP contribution in [-0.2, 0) is 9.59 Å². The lowest BCUT2D eigenvalue weighted by Crippen LogP contribution is -2.54. The molecule has 0 aliphatic carbocycles. The van der Waals surface area contributed by atoms with Crippen LogP contribution in [0.5, 0.6) is 0 Å². The van der Waals surface area contributed by atoms with E-state index in [2.05, 4.69) is 10.6 Å². The minimum Gasteiger partial charge on any atom is -0.481 e. The van der Waals surface area contributed by atoms with Crippen LogP contribution in [0.3, 0.4) is 0 Å². The van der Waals surface area contributed by atoms with Gasteiger partial charge in [0.15, 0.2) is 0 Å². The van der Waals surface area contributed by atoms with E-state index in [-0.39, 0.29) is 18.2 Å². The average molecular weight is 287 g/mol. The number of carboxylic acids is 1. The number of urea groups is 1. The Hall–Kier alpha value is -1.79. The van der Waals surface area contributed by atoms with Gasteiger partial charge in [-0.3, -0.25) is 9.59 Å². The molecule has 3 amide bonds. The number of carbonyl (C=O) groups is 3. The first-order chi connectivity index (χ1) is 9.03. The van der Waals surface area contributed by atoms with E-state index >= 15 is 0 Å². The van der Waals surface area contributed by atoms with Crippen LogP contribution in [0.2, 0.25) is 0 Å². The Kier molecular flexibility index (Phi) is 7.02. The van der Waals surface area contributed by atoms with Crippen LogP contribution in [0, 0.1) is 5.92 Å². The molecular weight excluding hydrogens is 262 g/mol. The highest BCUT2D eigenvalue weighted by molar-refractivity contribution is 5.87. The molecule has 0 aliphatic heterocycles. The quantitative estimate of drug-likeness (QED) is 0.528. The Balaban J connectivity index is 4.64. The minimum absolute atomic E-state index is 0.0363. The summed E-state index contributed by atoms with van der Waals surface area (Å²) < 4.78 is 0. The fourth-order valence-corrected chi connectivity index (χ4v) is 1.78. The first-order valence-electron chi connectivity index (χ1n) is 6.63. The SMILES string of the molecule is CC(C)CC(NC(N)=O)C(=O)NC(C)(C)CCC(=O)O. The zero-order valence-corrected chi connectivity index (χ0v) is 12.5. The van der Waals surface area contributed by atoms with Gasteiger partial charge in [0.25, 0.3) is 0 Å². The van der Waals surface area contributed by atoms with Crippen molar-refractivity contribution >= 4 is 17.9 Å². The van der Waals surface area contributed by atoms with Gasteiger partial charge in [-0.05, 0) is 32.6 Å². The van der Waals surface area contributed by atoms with Crippen molar-refractivity contribution in [2.75, 3.05) is 0 Å². The van der Waals surface area contributed by atoms with Crippen molar-refractivity contribution in [2.45, 2.75) is 58.5 Å². The lowest BCUT2D eigenvalue weighted by molar-refractivity contribution is -0.138. The van der Waals surface area contributed by atoms with Crippen LogP contribution in [0.15, 0.2) is 0 Å². The maximum Gasteiger partial charge on any atom is 0.312 e. The normalized spacial score (nSPS) is 12.8. The Morgan fingerprint density at radius 3 is 2.20 bits per heavy atom. The van der Waals surface area contributed by atoms with Gasteiger partial charge < -0.3 is 21.5 Å². The molecule has 0 aromatic rings. The average Bonchev–Trinajstić information content (AvgIpc) is 2.23. The maximum atomic E-state index is 12.1. The first kappa shape index (κ1) is 18.2. The summed E-state index contributed by atoms with van der Waals surface area (Å²) in [5.74, 6) is -1.06. The van der Waals surface area contributed by atoms with Gasteiger partial charge in [-0.15, -0.1) is 0 Å². The number of nitrogens with two attached hydrogens (primary N) is 1. The molecule has 5 N–H and O–H groups in total. The first-order valence-corrected chi connectivity index (χ1v) is 6.63. The van der Waals surface area contributed by atoms with E-state index in [1.165, 1.54) is 0 Å². The van der Waals surface area contributed by atoms with E-state index in [0.29, 0.717) is 12.8 Å². The summed E-state index contributed by atoms with van der Waals surface area (Å²) in [5.41, 5.74) is 4.40. The molecule has 0 fully saturated rings. The van der Waals surface area contributed by atoms with Gasteiger partial charge in [0.05, 0.1) is 0 Å². The maximum absolute atomic E-state index is 12.1. The number of aliphatic carboxylic acids is 1. The summed E-state index contributed by atoms with van der Waals surface area (Å²) in [6, 6.07) is -1.47. The molecule has 7 nitrogen and oxygen atoms in total. The summed E-state index contributed by atoms with van der Waals surface area (Å²) in [7, 11) is 0. The number of nitrogens with one attached hydrogen (secondary N) is 2. The number of amides is 3. The zero-order valence-electron chi connectivity index (χ0n) is 12.5. The zero-order chi connectivity index (χ0) is 15.9. The standard InChI is InChI=1S/C13H25N3O4/c1-8(2)7-9(15-12(14)20)11(19)16-13(3,4)6-5-10(17)18/h8-9H,5-7H2,1-4H3,(H,16,19)(H,17,18)(H3,14,15,20). The van der Waals surface area contributed by atoms with Gasteiger partial charge in [0.1, 0.15) is 6.04 Å². The minimum atomic E-state index is -0.915. The van der Waals surface area contributed by atoms with Crippen molar-refractivity contribution in [1.29, 1.82) is 0 Å². The summed E-state index contributed by atoms with van der Waals surface area (Å²) in [6.45, 7) is 7.34. The number of rotatable bonds is 8. The third-order valence-corrected chi connectivity index (χ3v) is 2.77. The van der Waals surface area contributed by atoms with Crippen LogP contribution < -0.4 is 16.4 Å². The van der Waals surface area contributed by atoms with Gasteiger partial charge >= 0.3 is 12.0 Å². The van der Waals surface area contributed by atoms with Gasteiger partial charge in [0.2, 0.25) is 5.91 Å². The highest BCUT2D eigenvalue weighted by Crippen LogP contribution is 2.13. The lowest BCUT2D eigenvalue weighted by Gasteiger charge is -2.29. The molecule has 116 valence electrons. The third kappa shape index (κ3) is 8.34. The fraction of sp³-hybridized carbons (Fsp3) is 0.769. The van der Waals surface area contributed by atoms with Crippen LogP contribution in [0.25, 0.3) is 0 Å². The molecule has 0 bridgehead atoms. The van der Waals surface area contributed by atoms with Crippen LogP contribution in [-0.4, -0.2) is 34.6 Å². The predicted octanol–water partition coefficient (Wildman–Crippen LogP) is 0.829. The topological polar surface area (TPSA) is 122 Å². The molecule has 1 unspecified atom stereocenters. The molecule has 0 saturated heterocycles. The predicted molar refractivity (Wildman–Crippen MR) is 75.1 cm³/mol. The Labute approximate surface area is 119 Å². The largest absolute Gasteiger partial charge is 0.481 e. The molecule has 0 aromatic heterocycles. The van der Waals surface area contributed by atoms with Gasteiger partial charge in [-0.2, -0.15) is 0 Å². The molecule has 1 atom stereocenters. The van der Waals surface area contributed by atoms with Crippen LogP contribution in [0.1, 0.15) is 47.0 Å². The molecule has 0 spiro atoms. The molecule has 0 saturated carbocycles. The molecule has 20 heavy (non-hydrogen) atoms. The van der Waals surface area contributed by atoms with Crippen molar-refractivity contribution in [2.24, 2.45) is 11.7 Å². The van der Waals surface area contributed by atoms with E-state index in [1.54, 1.807) is 13.8 Å². The number of carbonyl (C=O) groups excluding carboxylic acids is 2. The molecule has 7 heteroatoms. The number of primary amides is 1. The van der Waals surface area contributed by atoms with Crippen molar-refractivity contribution in [3.8, 4) is 0 Å². The van der Waals surface area contributed by atoms with Crippen molar-refractivity contribution < 1.29 is 19.5 Å². The summed E-state index contributed by atoms with van der Waals surface area (Å²) in [4.78, 5) is 33.6. The van der Waals surface area contributed by atoms with Crippen molar-refractivity contribution in [1.82, 2.24) is 10.6 Å². The molecule has 0 rings (SSSR count). The van der Waals surface area contributed by atoms with E-state index in [0.717, 1.165) is 0 Å². The number of hydrogen-bond acceptors (Lipinski definition) is 3. The van der Waals surface area contributed by atoms with Gasteiger partial charge in [0, 0.05) is 12.0 Å². The van der Waals surface area contributed by atoms with E-state index in [9.17, 15) is 14.4 Å². The van der Waals surface area contributed by atoms with E-state index in [1.807, 2.05) is 13.8 Å². The second kappa shape index (κ2) is 7.72. The fourth-order valence-electron chi connectivity index (χ4n) is 1.78. The number of carboxylic acid groups (broad SMARTS) is 1. The lowest BCUT2D eigenvalue weighted by atomic mass is 9.96. The second-order valence-corrected chi connectivity index (χ2v) is 5.96. The van der Waals surface area contributed by atoms with Crippen LogP contribution >= 0.6 is 0 Å². The van der Waals surface area contributed by atoms with Crippen LogP contribution in [0.4, 0.5) is 4.79 Å². The molecular formula is C13H25N3O4. The summed E-state index contributed by atoms with van der Waals surface area (Å²) >= 11 is 0. The van der Waals surface area contributed by atoms with E-state index < -0.39 is 23.6 Å². The summed E-state index contributed by atoms with van der Waals surface area (Å²) in [5, 5.41) is 13.8. The Bertz CT molecular complexity index is 367. The molecule has 0 radical (unpaired) electrons. The highest BCUT2D eigenvalue weighted by Gasteiger charge is 2.27. The van der Waals surface area contributed by atoms with Gasteiger partial charge in [-0.25, -0.2) is 4.79 Å². The molecule has 0 aromatic carbocycles. The monoisotopic (exact) mass is 287 g/mol. The van der Waals surface area contributed by atoms with Crippen molar-refractivity contribution in [3.05, 3.63) is 0 Å². The Morgan fingerprint density at radius 1 is 1.25 bits per heavy atom. The third-order valence-electron chi connectivity index (χ3n) is 2.77.